The fourth-order valence-corrected chi connectivity index (χ4v) is 5.70. The predicted molar refractivity (Wildman–Crippen MR) is 163 cm³/mol. The highest BCUT2D eigenvalue weighted by atomic mass is 16.5. The molecule has 0 unspecified atom stereocenters. The number of rotatable bonds is 11. The van der Waals surface area contributed by atoms with E-state index in [-0.39, 0.29) is 5.91 Å². The maximum Gasteiger partial charge on any atom is 0.246 e. The highest BCUT2D eigenvalue weighted by molar-refractivity contribution is 6.01. The van der Waals surface area contributed by atoms with Crippen molar-refractivity contribution >= 4 is 28.0 Å². The summed E-state index contributed by atoms with van der Waals surface area (Å²) in [6.07, 6.45) is 13.2. The fraction of sp³-hybridized carbons (Fsp3) is 0.324. The van der Waals surface area contributed by atoms with Crippen LogP contribution in [-0.2, 0) is 4.79 Å². The number of pyridine rings is 1. The number of nitrogens with zero attached hydrogens (tertiary/aromatic N) is 3. The van der Waals surface area contributed by atoms with E-state index in [0.717, 1.165) is 42.4 Å². The second-order valence-electron chi connectivity index (χ2n) is 10.8. The Morgan fingerprint density at radius 3 is 2.56 bits per heavy atom. The molecule has 6 rings (SSSR count). The summed E-state index contributed by atoms with van der Waals surface area (Å²) < 4.78 is 5.93. The number of amides is 1. The molecular formula is C34H37N5O2. The minimum Gasteiger partial charge on any atom is -0.476 e. The van der Waals surface area contributed by atoms with Crippen LogP contribution in [-0.4, -0.2) is 58.8 Å². The molecule has 1 amide bonds. The molecule has 2 aliphatic rings. The highest BCUT2D eigenvalue weighted by Crippen LogP contribution is 2.45. The zero-order valence-corrected chi connectivity index (χ0v) is 23.4. The zero-order chi connectivity index (χ0) is 27.9. The third-order valence-corrected chi connectivity index (χ3v) is 8.09. The Balaban J connectivity index is 1.16. The molecule has 7 nitrogen and oxygen atoms in total. The lowest BCUT2D eigenvalue weighted by Gasteiger charge is -2.31. The topological polar surface area (TPSA) is 83.1 Å². The Hall–Kier alpha value is -4.23. The van der Waals surface area contributed by atoms with Crippen molar-refractivity contribution in [1.29, 1.82) is 0 Å². The number of carbonyl (C=O) groups excluding carboxylic acids is 1. The SMILES string of the molecule is O=C(/C=C/CNCCOc1ccc(/C(=C(\c2ccccc2)C2CCC2)c2ccc3[nH]ncc3c2)cn1)N1CCCC1. The first-order chi connectivity index (χ1) is 20.3. The van der Waals surface area contributed by atoms with E-state index < -0.39 is 0 Å². The number of aromatic amines is 1. The number of nitrogens with one attached hydrogen (secondary N) is 2. The summed E-state index contributed by atoms with van der Waals surface area (Å²) in [6, 6.07) is 21.4. The lowest BCUT2D eigenvalue weighted by atomic mass is 9.73. The summed E-state index contributed by atoms with van der Waals surface area (Å²) in [7, 11) is 0. The van der Waals surface area contributed by atoms with Gasteiger partial charge in [0.15, 0.2) is 0 Å². The average Bonchev–Trinajstić information content (AvgIpc) is 3.69. The molecule has 0 radical (unpaired) electrons. The molecule has 0 atom stereocenters. The van der Waals surface area contributed by atoms with Crippen LogP contribution in [0.4, 0.5) is 0 Å². The monoisotopic (exact) mass is 547 g/mol. The molecule has 1 aliphatic carbocycles. The quantitative estimate of drug-likeness (QED) is 0.140. The van der Waals surface area contributed by atoms with Gasteiger partial charge >= 0.3 is 0 Å². The molecule has 2 aromatic carbocycles. The first-order valence-corrected chi connectivity index (χ1v) is 14.7. The van der Waals surface area contributed by atoms with Crippen LogP contribution in [0.15, 0.2) is 85.2 Å². The van der Waals surface area contributed by atoms with Crippen molar-refractivity contribution in [2.75, 3.05) is 32.8 Å². The van der Waals surface area contributed by atoms with Crippen LogP contribution in [0.5, 0.6) is 5.88 Å². The number of hydrogen-bond donors (Lipinski definition) is 2. The predicted octanol–water partition coefficient (Wildman–Crippen LogP) is 5.86. The summed E-state index contributed by atoms with van der Waals surface area (Å²) in [5.74, 6) is 1.23. The molecule has 1 saturated carbocycles. The number of ether oxygens (including phenoxy) is 1. The standard InChI is InChI=1S/C34H37N5O2/c40-32(39-19-4-5-20-39)12-7-17-35-18-21-41-31-16-14-28(23-36-31)34(27-13-15-30-29(22-27)24-37-38-30)33(26-10-6-11-26)25-8-2-1-3-9-25/h1-3,7-9,12-16,22-24,26,35H,4-6,10-11,17-21H2,(H,37,38)/b12-7+,34-33+. The first kappa shape index (κ1) is 27.0. The Morgan fingerprint density at radius 2 is 1.80 bits per heavy atom. The van der Waals surface area contributed by atoms with Crippen molar-refractivity contribution < 1.29 is 9.53 Å². The van der Waals surface area contributed by atoms with E-state index in [0.29, 0.717) is 31.5 Å². The molecule has 1 saturated heterocycles. The van der Waals surface area contributed by atoms with Crippen LogP contribution in [0.1, 0.15) is 48.8 Å². The van der Waals surface area contributed by atoms with Gasteiger partial charge in [-0.3, -0.25) is 9.89 Å². The summed E-state index contributed by atoms with van der Waals surface area (Å²) in [6.45, 7) is 3.55. The van der Waals surface area contributed by atoms with Crippen LogP contribution < -0.4 is 10.1 Å². The van der Waals surface area contributed by atoms with Crippen LogP contribution in [0.3, 0.4) is 0 Å². The molecule has 0 bridgehead atoms. The van der Waals surface area contributed by atoms with Gasteiger partial charge in [0.1, 0.15) is 6.61 Å². The number of allylic oxidation sites excluding steroid dienone is 1. The number of hydrogen-bond acceptors (Lipinski definition) is 5. The average molecular weight is 548 g/mol. The van der Waals surface area contributed by atoms with Crippen LogP contribution in [0.25, 0.3) is 22.0 Å². The van der Waals surface area contributed by atoms with E-state index in [2.05, 4.69) is 70.1 Å². The van der Waals surface area contributed by atoms with E-state index >= 15 is 0 Å². The fourth-order valence-electron chi connectivity index (χ4n) is 5.70. The van der Waals surface area contributed by atoms with E-state index in [9.17, 15) is 4.79 Å². The molecule has 2 fully saturated rings. The Bertz CT molecular complexity index is 1510. The van der Waals surface area contributed by atoms with Gasteiger partial charge in [0.25, 0.3) is 0 Å². The lowest BCUT2D eigenvalue weighted by molar-refractivity contribution is -0.125. The van der Waals surface area contributed by atoms with Crippen molar-refractivity contribution in [2.24, 2.45) is 5.92 Å². The van der Waals surface area contributed by atoms with E-state index in [1.165, 1.54) is 41.5 Å². The van der Waals surface area contributed by atoms with Gasteiger partial charge in [0.2, 0.25) is 11.8 Å². The smallest absolute Gasteiger partial charge is 0.246 e. The van der Waals surface area contributed by atoms with Crippen molar-refractivity contribution in [2.45, 2.75) is 32.1 Å². The molecule has 4 aromatic rings. The van der Waals surface area contributed by atoms with Gasteiger partial charge < -0.3 is 15.0 Å². The number of aromatic nitrogens is 3. The Labute approximate surface area is 241 Å². The van der Waals surface area contributed by atoms with Gasteiger partial charge in [-0.05, 0) is 72.1 Å². The van der Waals surface area contributed by atoms with Crippen molar-refractivity contribution in [3.63, 3.8) is 0 Å². The molecule has 0 spiro atoms. The van der Waals surface area contributed by atoms with Gasteiger partial charge in [-0.2, -0.15) is 5.10 Å². The molecule has 3 heterocycles. The summed E-state index contributed by atoms with van der Waals surface area (Å²) in [4.78, 5) is 18.7. The largest absolute Gasteiger partial charge is 0.476 e. The highest BCUT2D eigenvalue weighted by Gasteiger charge is 2.27. The van der Waals surface area contributed by atoms with Crippen molar-refractivity contribution in [1.82, 2.24) is 25.4 Å². The number of likely N-dealkylation sites (tertiary alicyclic amines) is 1. The Morgan fingerprint density at radius 1 is 0.976 bits per heavy atom. The number of fused-ring (bicyclic) bond motifs is 1. The van der Waals surface area contributed by atoms with Gasteiger partial charge in [-0.15, -0.1) is 0 Å². The van der Waals surface area contributed by atoms with Gasteiger partial charge in [0.05, 0.1) is 11.7 Å². The van der Waals surface area contributed by atoms with Crippen LogP contribution in [0, 0.1) is 5.92 Å². The van der Waals surface area contributed by atoms with Crippen molar-refractivity contribution in [3.8, 4) is 5.88 Å². The lowest BCUT2D eigenvalue weighted by Crippen LogP contribution is -2.26. The third kappa shape index (κ3) is 6.41. The number of carbonyl (C=O) groups is 1. The normalized spacial score (nSPS) is 16.2. The molecule has 1 aliphatic heterocycles. The minimum atomic E-state index is 0.107. The van der Waals surface area contributed by atoms with Crippen molar-refractivity contribution in [3.05, 3.63) is 102 Å². The molecule has 2 N–H and O–H groups in total. The molecule has 7 heteroatoms. The summed E-state index contributed by atoms with van der Waals surface area (Å²) in [5.41, 5.74) is 7.15. The molecule has 41 heavy (non-hydrogen) atoms. The van der Waals surface area contributed by atoms with Gasteiger partial charge in [0, 0.05) is 55.5 Å². The second-order valence-corrected chi connectivity index (χ2v) is 10.8. The molecule has 210 valence electrons. The summed E-state index contributed by atoms with van der Waals surface area (Å²) in [5, 5.41) is 11.7. The zero-order valence-electron chi connectivity index (χ0n) is 23.4. The van der Waals surface area contributed by atoms with E-state index in [1.54, 1.807) is 6.08 Å². The van der Waals surface area contributed by atoms with Gasteiger partial charge in [-0.1, -0.05) is 48.9 Å². The number of H-pyrrole nitrogens is 1. The number of benzene rings is 2. The van der Waals surface area contributed by atoms with Crippen LogP contribution >= 0.6 is 0 Å². The minimum absolute atomic E-state index is 0.107. The second kappa shape index (κ2) is 13.0. The molecule has 2 aromatic heterocycles. The van der Waals surface area contributed by atoms with E-state index in [1.807, 2.05) is 29.4 Å². The molecular weight excluding hydrogens is 510 g/mol. The van der Waals surface area contributed by atoms with Gasteiger partial charge in [-0.25, -0.2) is 4.98 Å². The van der Waals surface area contributed by atoms with Crippen LogP contribution in [0.2, 0.25) is 0 Å². The van der Waals surface area contributed by atoms with E-state index in [4.69, 9.17) is 9.72 Å². The Kier molecular flexibility index (Phi) is 8.52. The summed E-state index contributed by atoms with van der Waals surface area (Å²) >= 11 is 0. The third-order valence-electron chi connectivity index (χ3n) is 8.09. The maximum absolute atomic E-state index is 12.1. The first-order valence-electron chi connectivity index (χ1n) is 14.7. The maximum atomic E-state index is 12.1.